The molecule has 13 heteroatoms. The first-order valence-corrected chi connectivity index (χ1v) is 14.0. The van der Waals surface area contributed by atoms with Crippen LogP contribution in [0.4, 0.5) is 29.7 Å². The number of alkyl carbamates (subject to hydrolysis) is 1. The lowest BCUT2D eigenvalue weighted by Crippen LogP contribution is -2.41. The van der Waals surface area contributed by atoms with Crippen molar-refractivity contribution in [1.82, 2.24) is 24.8 Å². The maximum atomic E-state index is 14.1. The zero-order valence-electron chi connectivity index (χ0n) is 23.5. The SMILES string of the molecule is CC(C)(C)OC(=O)N[C@H]1CC[C@H](CNc2nc(N3CCOCC3)cc(-n3c(C(F)F)nc4cc(F)ccc43)n2)CC1. The van der Waals surface area contributed by atoms with Crippen LogP contribution < -0.4 is 15.5 Å². The summed E-state index contributed by atoms with van der Waals surface area (Å²) in [5.74, 6) is 0.354. The summed E-state index contributed by atoms with van der Waals surface area (Å²) in [7, 11) is 0. The van der Waals surface area contributed by atoms with Crippen molar-refractivity contribution in [1.29, 1.82) is 0 Å². The Morgan fingerprint density at radius 3 is 2.46 bits per heavy atom. The van der Waals surface area contributed by atoms with E-state index in [4.69, 9.17) is 14.5 Å². The number of carbonyl (C=O) groups excluding carboxylic acids is 1. The second kappa shape index (κ2) is 12.1. The first kappa shape index (κ1) is 28.9. The molecule has 0 atom stereocenters. The number of imidazole rings is 1. The van der Waals surface area contributed by atoms with Crippen molar-refractivity contribution in [2.24, 2.45) is 5.92 Å². The molecule has 2 aliphatic rings. The van der Waals surface area contributed by atoms with E-state index in [0.717, 1.165) is 31.7 Å². The van der Waals surface area contributed by atoms with E-state index in [2.05, 4.69) is 20.6 Å². The summed E-state index contributed by atoms with van der Waals surface area (Å²) >= 11 is 0. The molecular formula is C28H36F3N7O3. The molecule has 1 saturated carbocycles. The fourth-order valence-corrected chi connectivity index (χ4v) is 5.25. The average Bonchev–Trinajstić information content (AvgIpc) is 3.31. The molecular weight excluding hydrogens is 539 g/mol. The van der Waals surface area contributed by atoms with Crippen LogP contribution in [0.25, 0.3) is 16.9 Å². The fourth-order valence-electron chi connectivity index (χ4n) is 5.25. The number of hydrogen-bond donors (Lipinski definition) is 2. The van der Waals surface area contributed by atoms with E-state index in [-0.39, 0.29) is 17.4 Å². The van der Waals surface area contributed by atoms with E-state index >= 15 is 0 Å². The molecule has 3 aromatic rings. The van der Waals surface area contributed by atoms with Crippen LogP contribution in [-0.4, -0.2) is 70.1 Å². The molecule has 1 aliphatic carbocycles. The summed E-state index contributed by atoms with van der Waals surface area (Å²) in [4.78, 5) is 27.5. The number of carbonyl (C=O) groups is 1. The number of morpholine rings is 1. The van der Waals surface area contributed by atoms with Crippen LogP contribution in [0.2, 0.25) is 0 Å². The van der Waals surface area contributed by atoms with Gasteiger partial charge in [0, 0.05) is 37.8 Å². The van der Waals surface area contributed by atoms with Gasteiger partial charge in [-0.2, -0.15) is 9.97 Å². The van der Waals surface area contributed by atoms with Gasteiger partial charge in [0.2, 0.25) is 5.95 Å². The Kier molecular flexibility index (Phi) is 8.52. The number of benzene rings is 1. The van der Waals surface area contributed by atoms with Crippen molar-refractivity contribution in [2.45, 2.75) is 64.5 Å². The third-order valence-corrected chi connectivity index (χ3v) is 7.22. The van der Waals surface area contributed by atoms with Crippen LogP contribution in [0.1, 0.15) is 58.7 Å². The van der Waals surface area contributed by atoms with Gasteiger partial charge in [-0.05, 0) is 64.5 Å². The Hall–Kier alpha value is -3.61. The van der Waals surface area contributed by atoms with E-state index < -0.39 is 29.8 Å². The predicted octanol–water partition coefficient (Wildman–Crippen LogP) is 5.22. The minimum absolute atomic E-state index is 0.0562. The molecule has 2 N–H and O–H groups in total. The summed E-state index contributed by atoms with van der Waals surface area (Å²) in [6, 6.07) is 5.49. The van der Waals surface area contributed by atoms with E-state index in [9.17, 15) is 18.0 Å². The lowest BCUT2D eigenvalue weighted by Gasteiger charge is -2.30. The van der Waals surface area contributed by atoms with Gasteiger partial charge < -0.3 is 25.0 Å². The highest BCUT2D eigenvalue weighted by atomic mass is 19.3. The lowest BCUT2D eigenvalue weighted by molar-refractivity contribution is 0.0488. The highest BCUT2D eigenvalue weighted by Gasteiger charge is 2.26. The number of alkyl halides is 2. The molecule has 5 rings (SSSR count). The van der Waals surface area contributed by atoms with Gasteiger partial charge in [-0.15, -0.1) is 0 Å². The van der Waals surface area contributed by atoms with E-state index in [1.807, 2.05) is 25.7 Å². The summed E-state index contributed by atoms with van der Waals surface area (Å²) in [6.45, 7) is 8.34. The number of nitrogens with zero attached hydrogens (tertiary/aromatic N) is 5. The molecule has 3 heterocycles. The number of rotatable bonds is 7. The molecule has 2 fully saturated rings. The van der Waals surface area contributed by atoms with Crippen molar-refractivity contribution in [2.75, 3.05) is 43.1 Å². The van der Waals surface area contributed by atoms with Crippen LogP contribution in [0, 0.1) is 11.7 Å². The first-order valence-electron chi connectivity index (χ1n) is 14.0. The molecule has 1 aliphatic heterocycles. The predicted molar refractivity (Wildman–Crippen MR) is 148 cm³/mol. The van der Waals surface area contributed by atoms with E-state index in [1.54, 1.807) is 6.07 Å². The highest BCUT2D eigenvalue weighted by Crippen LogP contribution is 2.30. The lowest BCUT2D eigenvalue weighted by atomic mass is 9.86. The molecule has 222 valence electrons. The third kappa shape index (κ3) is 7.19. The minimum atomic E-state index is -2.90. The van der Waals surface area contributed by atoms with Crippen LogP contribution in [0.5, 0.6) is 0 Å². The number of halogens is 3. The third-order valence-electron chi connectivity index (χ3n) is 7.22. The quantitative estimate of drug-likeness (QED) is 0.395. The Balaban J connectivity index is 1.34. The highest BCUT2D eigenvalue weighted by molar-refractivity contribution is 5.78. The van der Waals surface area contributed by atoms with Gasteiger partial charge in [0.1, 0.15) is 23.1 Å². The summed E-state index contributed by atoms with van der Waals surface area (Å²) in [6.07, 6.45) is 0.112. The first-order chi connectivity index (χ1) is 19.6. The zero-order chi connectivity index (χ0) is 29.1. The Labute approximate surface area is 236 Å². The van der Waals surface area contributed by atoms with Gasteiger partial charge in [0.05, 0.1) is 24.2 Å². The van der Waals surface area contributed by atoms with Crippen molar-refractivity contribution in [3.05, 3.63) is 35.9 Å². The summed E-state index contributed by atoms with van der Waals surface area (Å²) in [5.41, 5.74) is -0.0945. The number of anilines is 2. The molecule has 0 unspecified atom stereocenters. The van der Waals surface area contributed by atoms with Crippen molar-refractivity contribution < 1.29 is 27.4 Å². The van der Waals surface area contributed by atoms with Crippen LogP contribution >= 0.6 is 0 Å². The second-order valence-electron chi connectivity index (χ2n) is 11.5. The number of ether oxygens (including phenoxy) is 2. The Bertz CT molecular complexity index is 1360. The fraction of sp³-hybridized carbons (Fsp3) is 0.571. The van der Waals surface area contributed by atoms with Gasteiger partial charge in [-0.1, -0.05) is 0 Å². The Morgan fingerprint density at radius 1 is 1.07 bits per heavy atom. The smallest absolute Gasteiger partial charge is 0.407 e. The molecule has 2 aromatic heterocycles. The maximum absolute atomic E-state index is 14.1. The normalized spacial score (nSPS) is 19.9. The average molecular weight is 576 g/mol. The van der Waals surface area contributed by atoms with Crippen molar-refractivity contribution >= 4 is 28.9 Å². The topological polar surface area (TPSA) is 106 Å². The molecule has 1 saturated heterocycles. The van der Waals surface area contributed by atoms with E-state index in [1.165, 1.54) is 16.7 Å². The van der Waals surface area contributed by atoms with Gasteiger partial charge >= 0.3 is 6.09 Å². The number of aromatic nitrogens is 4. The molecule has 1 amide bonds. The molecule has 0 radical (unpaired) electrons. The van der Waals surface area contributed by atoms with E-state index in [0.29, 0.717) is 56.0 Å². The number of hydrogen-bond acceptors (Lipinski definition) is 8. The molecule has 1 aromatic carbocycles. The Morgan fingerprint density at radius 2 is 1.78 bits per heavy atom. The summed E-state index contributed by atoms with van der Waals surface area (Å²) in [5, 5.41) is 6.27. The van der Waals surface area contributed by atoms with Crippen LogP contribution in [0.3, 0.4) is 0 Å². The second-order valence-corrected chi connectivity index (χ2v) is 11.5. The largest absolute Gasteiger partial charge is 0.444 e. The monoisotopic (exact) mass is 575 g/mol. The molecule has 0 spiro atoms. The molecule has 10 nitrogen and oxygen atoms in total. The minimum Gasteiger partial charge on any atom is -0.444 e. The van der Waals surface area contributed by atoms with Crippen LogP contribution in [0.15, 0.2) is 24.3 Å². The zero-order valence-corrected chi connectivity index (χ0v) is 23.5. The number of fused-ring (bicyclic) bond motifs is 1. The number of nitrogens with one attached hydrogen (secondary N) is 2. The molecule has 0 bridgehead atoms. The van der Waals surface area contributed by atoms with Gasteiger partial charge in [-0.3, -0.25) is 4.57 Å². The van der Waals surface area contributed by atoms with Gasteiger partial charge in [0.25, 0.3) is 6.43 Å². The maximum Gasteiger partial charge on any atom is 0.407 e. The van der Waals surface area contributed by atoms with Crippen molar-refractivity contribution in [3.63, 3.8) is 0 Å². The standard InChI is InChI=1S/C28H36F3N7O3/c1-28(2,3)41-27(39)33-19-7-4-17(5-8-19)16-32-26-35-22(37-10-12-40-13-11-37)15-23(36-26)38-21-9-6-18(29)14-20(21)34-25(38)24(30)31/h6,9,14-15,17,19,24H,4-5,7-8,10-13,16H2,1-3H3,(H,33,39)(H,32,35,36)/t17-,19-. The van der Waals surface area contributed by atoms with Gasteiger partial charge in [-0.25, -0.2) is 22.9 Å². The summed E-state index contributed by atoms with van der Waals surface area (Å²) < 4.78 is 54.2. The number of amides is 1. The van der Waals surface area contributed by atoms with Gasteiger partial charge in [0.15, 0.2) is 5.82 Å². The van der Waals surface area contributed by atoms with Crippen LogP contribution in [-0.2, 0) is 9.47 Å². The molecule has 41 heavy (non-hydrogen) atoms. The van der Waals surface area contributed by atoms with Crippen molar-refractivity contribution in [3.8, 4) is 5.82 Å².